The van der Waals surface area contributed by atoms with Gasteiger partial charge in [-0.3, -0.25) is 4.79 Å². The number of alkyl halides is 3. The Morgan fingerprint density at radius 1 is 1.15 bits per heavy atom. The van der Waals surface area contributed by atoms with Crippen LogP contribution in [-0.4, -0.2) is 31.7 Å². The lowest BCUT2D eigenvalue weighted by Crippen LogP contribution is -2.48. The Kier molecular flexibility index (Phi) is 5.43. The van der Waals surface area contributed by atoms with Crippen LogP contribution in [0.1, 0.15) is 5.56 Å². The molecule has 138 valence electrons. The van der Waals surface area contributed by atoms with Gasteiger partial charge in [-0.15, -0.1) is 0 Å². The number of hydrogen-bond donors (Lipinski definition) is 2. The second kappa shape index (κ2) is 7.76. The highest BCUT2D eigenvalue weighted by Gasteiger charge is 2.34. The minimum Gasteiger partial charge on any atom is -0.457 e. The molecule has 1 amide bonds. The van der Waals surface area contributed by atoms with E-state index in [1.165, 1.54) is 30.3 Å². The van der Waals surface area contributed by atoms with E-state index in [4.69, 9.17) is 9.47 Å². The summed E-state index contributed by atoms with van der Waals surface area (Å²) in [5, 5.41) is 5.76. The predicted molar refractivity (Wildman–Crippen MR) is 89.2 cm³/mol. The summed E-state index contributed by atoms with van der Waals surface area (Å²) < 4.78 is 49.6. The SMILES string of the molecule is O=C(Nc1ccc(Oc2ccccc2C(F)(F)F)cc1)C1COCCN1. The summed E-state index contributed by atoms with van der Waals surface area (Å²) in [6.07, 6.45) is -4.50. The van der Waals surface area contributed by atoms with Gasteiger partial charge in [-0.2, -0.15) is 13.2 Å². The zero-order valence-corrected chi connectivity index (χ0v) is 13.7. The van der Waals surface area contributed by atoms with E-state index in [1.54, 1.807) is 12.1 Å². The molecule has 3 rings (SSSR count). The van der Waals surface area contributed by atoms with Gasteiger partial charge >= 0.3 is 6.18 Å². The van der Waals surface area contributed by atoms with Crippen LogP contribution in [0.2, 0.25) is 0 Å². The highest BCUT2D eigenvalue weighted by Crippen LogP contribution is 2.37. The van der Waals surface area contributed by atoms with Crippen LogP contribution in [0.3, 0.4) is 0 Å². The topological polar surface area (TPSA) is 59.6 Å². The third kappa shape index (κ3) is 4.53. The highest BCUT2D eigenvalue weighted by molar-refractivity contribution is 5.95. The Morgan fingerprint density at radius 3 is 2.54 bits per heavy atom. The Morgan fingerprint density at radius 2 is 1.88 bits per heavy atom. The highest BCUT2D eigenvalue weighted by atomic mass is 19.4. The van der Waals surface area contributed by atoms with E-state index >= 15 is 0 Å². The number of hydrogen-bond acceptors (Lipinski definition) is 4. The molecule has 0 spiro atoms. The Bertz CT molecular complexity index is 757. The molecule has 2 aromatic rings. The van der Waals surface area contributed by atoms with Crippen molar-refractivity contribution in [3.8, 4) is 11.5 Å². The summed E-state index contributed by atoms with van der Waals surface area (Å²) in [5.41, 5.74) is -0.334. The van der Waals surface area contributed by atoms with Gasteiger partial charge in [-0.25, -0.2) is 0 Å². The van der Waals surface area contributed by atoms with Crippen LogP contribution < -0.4 is 15.4 Å². The number of anilines is 1. The Hall–Kier alpha value is -2.58. The summed E-state index contributed by atoms with van der Waals surface area (Å²) in [5.74, 6) is -0.278. The molecule has 1 heterocycles. The van der Waals surface area contributed by atoms with Crippen molar-refractivity contribution in [1.29, 1.82) is 0 Å². The van der Waals surface area contributed by atoms with Gasteiger partial charge in [0.1, 0.15) is 17.5 Å². The van der Waals surface area contributed by atoms with Crippen LogP contribution in [0.15, 0.2) is 48.5 Å². The van der Waals surface area contributed by atoms with Crippen molar-refractivity contribution in [2.45, 2.75) is 12.2 Å². The van der Waals surface area contributed by atoms with Gasteiger partial charge in [0, 0.05) is 12.2 Å². The molecule has 1 unspecified atom stereocenters. The maximum atomic E-state index is 13.0. The second-order valence-corrected chi connectivity index (χ2v) is 5.69. The van der Waals surface area contributed by atoms with Crippen molar-refractivity contribution in [1.82, 2.24) is 5.32 Å². The van der Waals surface area contributed by atoms with E-state index in [9.17, 15) is 18.0 Å². The number of carbonyl (C=O) groups is 1. The number of carbonyl (C=O) groups excluding carboxylic acids is 1. The van der Waals surface area contributed by atoms with E-state index in [0.717, 1.165) is 6.07 Å². The minimum atomic E-state index is -4.50. The fourth-order valence-corrected chi connectivity index (χ4v) is 2.49. The van der Waals surface area contributed by atoms with Gasteiger partial charge in [-0.05, 0) is 36.4 Å². The van der Waals surface area contributed by atoms with Crippen LogP contribution >= 0.6 is 0 Å². The number of para-hydroxylation sites is 1. The van der Waals surface area contributed by atoms with Gasteiger partial charge < -0.3 is 20.1 Å². The molecule has 2 aromatic carbocycles. The predicted octanol–water partition coefficient (Wildman–Crippen LogP) is 3.42. The number of morpholine rings is 1. The lowest BCUT2D eigenvalue weighted by molar-refractivity contribution is -0.138. The molecule has 1 aliphatic heterocycles. The van der Waals surface area contributed by atoms with E-state index in [2.05, 4.69) is 10.6 Å². The molecule has 2 N–H and O–H groups in total. The molecule has 0 aromatic heterocycles. The van der Waals surface area contributed by atoms with Crippen molar-refractivity contribution in [3.63, 3.8) is 0 Å². The molecule has 0 bridgehead atoms. The van der Waals surface area contributed by atoms with Crippen LogP contribution in [0.5, 0.6) is 11.5 Å². The number of rotatable bonds is 4. The summed E-state index contributed by atoms with van der Waals surface area (Å²) in [6, 6.07) is 10.7. The molecule has 1 atom stereocenters. The van der Waals surface area contributed by atoms with Crippen molar-refractivity contribution in [2.24, 2.45) is 0 Å². The molecule has 8 heteroatoms. The number of halogens is 3. The molecule has 1 saturated heterocycles. The van der Waals surface area contributed by atoms with Crippen molar-refractivity contribution in [3.05, 3.63) is 54.1 Å². The van der Waals surface area contributed by atoms with Crippen molar-refractivity contribution >= 4 is 11.6 Å². The van der Waals surface area contributed by atoms with E-state index < -0.39 is 17.8 Å². The molecule has 5 nitrogen and oxygen atoms in total. The van der Waals surface area contributed by atoms with Gasteiger partial charge in [0.05, 0.1) is 18.8 Å². The molecule has 1 fully saturated rings. The van der Waals surface area contributed by atoms with Gasteiger partial charge in [0.15, 0.2) is 0 Å². The first-order valence-corrected chi connectivity index (χ1v) is 7.99. The summed E-state index contributed by atoms with van der Waals surface area (Å²) in [6.45, 7) is 1.46. The lowest BCUT2D eigenvalue weighted by Gasteiger charge is -2.22. The average molecular weight is 366 g/mol. The van der Waals surface area contributed by atoms with Gasteiger partial charge in [-0.1, -0.05) is 12.1 Å². The summed E-state index contributed by atoms with van der Waals surface area (Å²) in [7, 11) is 0. The first-order valence-electron chi connectivity index (χ1n) is 7.99. The van der Waals surface area contributed by atoms with E-state index in [-0.39, 0.29) is 17.4 Å². The fourth-order valence-electron chi connectivity index (χ4n) is 2.49. The van der Waals surface area contributed by atoms with Crippen LogP contribution in [0, 0.1) is 0 Å². The average Bonchev–Trinajstić information content (AvgIpc) is 2.63. The summed E-state index contributed by atoms with van der Waals surface area (Å²) >= 11 is 0. The normalized spacial score (nSPS) is 17.6. The van der Waals surface area contributed by atoms with Crippen LogP contribution in [-0.2, 0) is 15.7 Å². The third-order valence-corrected chi connectivity index (χ3v) is 3.78. The fraction of sp³-hybridized carbons (Fsp3) is 0.278. The van der Waals surface area contributed by atoms with Gasteiger partial charge in [0.2, 0.25) is 5.91 Å². The Labute approximate surface area is 148 Å². The maximum Gasteiger partial charge on any atom is 0.419 e. The van der Waals surface area contributed by atoms with Crippen molar-refractivity contribution < 1.29 is 27.4 Å². The second-order valence-electron chi connectivity index (χ2n) is 5.69. The molecular weight excluding hydrogens is 349 g/mol. The zero-order valence-electron chi connectivity index (χ0n) is 13.7. The number of ether oxygens (including phenoxy) is 2. The first kappa shape index (κ1) is 18.2. The molecular formula is C18H17F3N2O3. The Balaban J connectivity index is 1.66. The summed E-state index contributed by atoms with van der Waals surface area (Å²) in [4.78, 5) is 12.1. The number of benzene rings is 2. The molecule has 0 saturated carbocycles. The number of nitrogens with one attached hydrogen (secondary N) is 2. The van der Waals surface area contributed by atoms with Crippen molar-refractivity contribution in [2.75, 3.05) is 25.1 Å². The first-order chi connectivity index (χ1) is 12.4. The monoisotopic (exact) mass is 366 g/mol. The molecule has 26 heavy (non-hydrogen) atoms. The quantitative estimate of drug-likeness (QED) is 0.871. The van der Waals surface area contributed by atoms with E-state index in [1.807, 2.05) is 0 Å². The molecule has 0 radical (unpaired) electrons. The standard InChI is InChI=1S/C18H17F3N2O3/c19-18(20,21)14-3-1-2-4-16(14)26-13-7-5-12(6-8-13)23-17(24)15-11-25-10-9-22-15/h1-8,15,22H,9-11H2,(H,23,24). The largest absolute Gasteiger partial charge is 0.457 e. The zero-order chi connectivity index (χ0) is 18.6. The molecule has 1 aliphatic rings. The van der Waals surface area contributed by atoms with E-state index in [0.29, 0.717) is 25.4 Å². The van der Waals surface area contributed by atoms with Crippen LogP contribution in [0.25, 0.3) is 0 Å². The lowest BCUT2D eigenvalue weighted by atomic mass is 10.2. The maximum absolute atomic E-state index is 13.0. The van der Waals surface area contributed by atoms with Crippen LogP contribution in [0.4, 0.5) is 18.9 Å². The molecule has 0 aliphatic carbocycles. The van der Waals surface area contributed by atoms with Gasteiger partial charge in [0.25, 0.3) is 0 Å². The minimum absolute atomic E-state index is 0.235. The number of amides is 1. The smallest absolute Gasteiger partial charge is 0.419 e. The third-order valence-electron chi connectivity index (χ3n) is 3.78.